The molecule has 0 radical (unpaired) electrons. The molecule has 1 heterocycles. The smallest absolute Gasteiger partial charge is 0.308 e. The molecule has 0 aromatic carbocycles. The number of hydrogen-bond acceptors (Lipinski definition) is 5. The topological polar surface area (TPSA) is 76.0 Å². The number of allylic oxidation sites excluding steroid dienone is 1. The summed E-state index contributed by atoms with van der Waals surface area (Å²) in [6, 6.07) is 0. The lowest BCUT2D eigenvalue weighted by atomic mass is 9.93. The molecule has 5 nitrogen and oxygen atoms in total. The Kier molecular flexibility index (Phi) is 7.45. The number of aliphatic hydroxyl groups excluding tert-OH is 1. The second-order valence-corrected chi connectivity index (χ2v) is 6.66. The average Bonchev–Trinajstić information content (AvgIpc) is 2.46. The first-order valence-electron chi connectivity index (χ1n) is 8.16. The van der Waals surface area contributed by atoms with Gasteiger partial charge < -0.3 is 19.7 Å². The van der Waals surface area contributed by atoms with E-state index in [1.165, 1.54) is 13.0 Å². The van der Waals surface area contributed by atoms with Gasteiger partial charge in [0.05, 0.1) is 18.6 Å². The van der Waals surface area contributed by atoms with Crippen LogP contribution in [0.2, 0.25) is 0 Å². The number of aliphatic hydroxyl groups is 2. The maximum atomic E-state index is 11.9. The van der Waals surface area contributed by atoms with Gasteiger partial charge in [0, 0.05) is 7.11 Å². The Morgan fingerprint density at radius 2 is 2.04 bits per heavy atom. The molecule has 1 aliphatic heterocycles. The summed E-state index contributed by atoms with van der Waals surface area (Å²) < 4.78 is 10.8. The predicted molar refractivity (Wildman–Crippen MR) is 88.9 cm³/mol. The average molecular weight is 326 g/mol. The van der Waals surface area contributed by atoms with E-state index in [0.29, 0.717) is 0 Å². The Bertz CT molecular complexity index is 452. The first-order chi connectivity index (χ1) is 10.7. The van der Waals surface area contributed by atoms with Gasteiger partial charge in [0.1, 0.15) is 11.7 Å². The molecule has 23 heavy (non-hydrogen) atoms. The van der Waals surface area contributed by atoms with Crippen LogP contribution in [0, 0.1) is 5.92 Å². The van der Waals surface area contributed by atoms with Crippen LogP contribution in [0.1, 0.15) is 47.0 Å². The van der Waals surface area contributed by atoms with Crippen LogP contribution in [0.3, 0.4) is 0 Å². The molecule has 0 amide bonds. The van der Waals surface area contributed by atoms with E-state index in [-0.39, 0.29) is 24.5 Å². The van der Waals surface area contributed by atoms with E-state index in [1.807, 2.05) is 20.8 Å². The van der Waals surface area contributed by atoms with Crippen LogP contribution in [0.15, 0.2) is 23.8 Å². The van der Waals surface area contributed by atoms with E-state index < -0.39 is 17.7 Å². The second-order valence-electron chi connectivity index (χ2n) is 6.66. The normalized spacial score (nSPS) is 41.3. The monoisotopic (exact) mass is 326 g/mol. The lowest BCUT2D eigenvalue weighted by Gasteiger charge is -2.27. The van der Waals surface area contributed by atoms with Crippen LogP contribution in [-0.4, -0.2) is 47.2 Å². The fourth-order valence-electron chi connectivity index (χ4n) is 2.47. The molecule has 0 spiro atoms. The minimum Gasteiger partial charge on any atom is -0.462 e. The van der Waals surface area contributed by atoms with Gasteiger partial charge >= 0.3 is 5.97 Å². The Hall–Kier alpha value is -1.17. The van der Waals surface area contributed by atoms with Crippen LogP contribution >= 0.6 is 0 Å². The fourth-order valence-corrected chi connectivity index (χ4v) is 2.47. The van der Waals surface area contributed by atoms with Crippen molar-refractivity contribution in [3.63, 3.8) is 0 Å². The van der Waals surface area contributed by atoms with Gasteiger partial charge in [0.2, 0.25) is 0 Å². The number of hydrogen-bond donors (Lipinski definition) is 2. The summed E-state index contributed by atoms with van der Waals surface area (Å²) in [6.07, 6.45) is 5.06. The number of methoxy groups -OCH3 is 1. The van der Waals surface area contributed by atoms with Gasteiger partial charge in [-0.2, -0.15) is 0 Å². The van der Waals surface area contributed by atoms with E-state index in [4.69, 9.17) is 9.47 Å². The minimum absolute atomic E-state index is 0.208. The van der Waals surface area contributed by atoms with Gasteiger partial charge in [-0.15, -0.1) is 0 Å². The molecular weight excluding hydrogens is 296 g/mol. The van der Waals surface area contributed by atoms with E-state index >= 15 is 0 Å². The standard InChI is InChI=1S/C18H30O5/c1-12-7-6-8-13(2)15(22-5)9-10-18(4,21)16(19)11-17(20)23-14(12)3/h8-10,12,14-16,19,21H,6-7,11H2,1-5H3/b10-9+,13-8+/t12-,14-,15+,16?,18-/m1/s1. The summed E-state index contributed by atoms with van der Waals surface area (Å²) in [6.45, 7) is 7.33. The summed E-state index contributed by atoms with van der Waals surface area (Å²) in [4.78, 5) is 11.9. The Morgan fingerprint density at radius 3 is 2.65 bits per heavy atom. The molecule has 1 rings (SSSR count). The molecule has 0 saturated heterocycles. The van der Waals surface area contributed by atoms with Crippen LogP contribution in [-0.2, 0) is 14.3 Å². The van der Waals surface area contributed by atoms with Gasteiger partial charge in [-0.05, 0) is 45.1 Å². The van der Waals surface area contributed by atoms with Crippen LogP contribution in [0.25, 0.3) is 0 Å². The Balaban J connectivity index is 3.04. The van der Waals surface area contributed by atoms with E-state index in [0.717, 1.165) is 18.4 Å². The number of carbonyl (C=O) groups excluding carboxylic acids is 1. The fraction of sp³-hybridized carbons (Fsp3) is 0.722. The zero-order valence-corrected chi connectivity index (χ0v) is 14.8. The van der Waals surface area contributed by atoms with Crippen molar-refractivity contribution in [1.29, 1.82) is 0 Å². The van der Waals surface area contributed by atoms with Gasteiger partial charge in [0.15, 0.2) is 0 Å². The summed E-state index contributed by atoms with van der Waals surface area (Å²) in [7, 11) is 1.60. The molecule has 0 aromatic rings. The summed E-state index contributed by atoms with van der Waals surface area (Å²) in [5.41, 5.74) is -0.488. The molecule has 0 fully saturated rings. The molecule has 1 unspecified atom stereocenters. The maximum Gasteiger partial charge on any atom is 0.308 e. The molecule has 5 heteroatoms. The highest BCUT2D eigenvalue weighted by atomic mass is 16.5. The van der Waals surface area contributed by atoms with Crippen LogP contribution < -0.4 is 0 Å². The minimum atomic E-state index is -1.53. The van der Waals surface area contributed by atoms with Crippen LogP contribution in [0.5, 0.6) is 0 Å². The molecular formula is C18H30O5. The quantitative estimate of drug-likeness (QED) is 0.571. The Morgan fingerprint density at radius 1 is 1.39 bits per heavy atom. The second kappa shape index (κ2) is 8.62. The van der Waals surface area contributed by atoms with Crippen molar-refractivity contribution in [2.24, 2.45) is 5.92 Å². The molecule has 1 aliphatic rings. The first kappa shape index (κ1) is 19.9. The van der Waals surface area contributed by atoms with E-state index in [2.05, 4.69) is 6.08 Å². The maximum absolute atomic E-state index is 11.9. The van der Waals surface area contributed by atoms with Crippen molar-refractivity contribution in [3.05, 3.63) is 23.8 Å². The highest BCUT2D eigenvalue weighted by molar-refractivity contribution is 5.70. The summed E-state index contributed by atoms with van der Waals surface area (Å²) in [5, 5.41) is 20.5. The van der Waals surface area contributed by atoms with Crippen molar-refractivity contribution in [2.45, 2.75) is 70.9 Å². The third-order valence-electron chi connectivity index (χ3n) is 4.55. The predicted octanol–water partition coefficient (Wildman–Crippen LogP) is 2.37. The third-order valence-corrected chi connectivity index (χ3v) is 4.55. The number of esters is 1. The number of ether oxygens (including phenoxy) is 2. The zero-order chi connectivity index (χ0) is 17.6. The van der Waals surface area contributed by atoms with Gasteiger partial charge in [0.25, 0.3) is 0 Å². The zero-order valence-electron chi connectivity index (χ0n) is 14.8. The number of rotatable bonds is 1. The molecule has 0 aromatic heterocycles. The van der Waals surface area contributed by atoms with E-state index in [9.17, 15) is 15.0 Å². The highest BCUT2D eigenvalue weighted by Crippen LogP contribution is 2.21. The van der Waals surface area contributed by atoms with Crippen molar-refractivity contribution in [3.8, 4) is 0 Å². The third kappa shape index (κ3) is 6.09. The molecule has 0 aliphatic carbocycles. The highest BCUT2D eigenvalue weighted by Gasteiger charge is 2.31. The van der Waals surface area contributed by atoms with E-state index in [1.54, 1.807) is 13.2 Å². The van der Waals surface area contributed by atoms with Gasteiger partial charge in [-0.25, -0.2) is 0 Å². The SMILES string of the molecule is CO[C@H]1/C=C/[C@@](C)(O)C(O)CC(=O)O[C@H](C)[C@H](C)CC/C=C/1C. The lowest BCUT2D eigenvalue weighted by Crippen LogP contribution is -2.40. The molecule has 0 saturated carbocycles. The van der Waals surface area contributed by atoms with Crippen molar-refractivity contribution in [1.82, 2.24) is 0 Å². The Labute approximate surface area is 139 Å². The number of cyclic esters (lactones) is 1. The molecule has 2 N–H and O–H groups in total. The number of carbonyl (C=O) groups is 1. The largest absolute Gasteiger partial charge is 0.462 e. The summed E-state index contributed by atoms with van der Waals surface area (Å²) in [5.74, 6) is -0.294. The lowest BCUT2D eigenvalue weighted by molar-refractivity contribution is -0.156. The molecule has 5 atom stereocenters. The molecule has 0 bridgehead atoms. The van der Waals surface area contributed by atoms with Crippen molar-refractivity contribution >= 4 is 5.97 Å². The van der Waals surface area contributed by atoms with Crippen LogP contribution in [0.4, 0.5) is 0 Å². The summed E-state index contributed by atoms with van der Waals surface area (Å²) >= 11 is 0. The van der Waals surface area contributed by atoms with Crippen molar-refractivity contribution < 1.29 is 24.5 Å². The first-order valence-corrected chi connectivity index (χ1v) is 8.16. The van der Waals surface area contributed by atoms with Gasteiger partial charge in [-0.1, -0.05) is 25.2 Å². The molecule has 132 valence electrons. The van der Waals surface area contributed by atoms with Crippen molar-refractivity contribution in [2.75, 3.05) is 7.11 Å². The van der Waals surface area contributed by atoms with Gasteiger partial charge in [-0.3, -0.25) is 4.79 Å².